The molecule has 0 atom stereocenters. The molecule has 0 aliphatic rings. The summed E-state index contributed by atoms with van der Waals surface area (Å²) in [5.41, 5.74) is 0.781. The molecule has 1 rings (SSSR count). The number of rotatable bonds is 4. The van der Waals surface area contributed by atoms with Crippen molar-refractivity contribution in [1.29, 1.82) is 0 Å². The lowest BCUT2D eigenvalue weighted by Gasteiger charge is -2.08. The zero-order chi connectivity index (χ0) is 13.4. The molecular formula is C13H12ClF3O. The van der Waals surface area contributed by atoms with Crippen LogP contribution in [0.3, 0.4) is 0 Å². The van der Waals surface area contributed by atoms with E-state index in [0.29, 0.717) is 18.1 Å². The van der Waals surface area contributed by atoms with Gasteiger partial charge in [0.2, 0.25) is 0 Å². The van der Waals surface area contributed by atoms with Crippen LogP contribution in [-0.2, 0) is 0 Å². The van der Waals surface area contributed by atoms with E-state index in [2.05, 4.69) is 11.8 Å². The first-order chi connectivity index (χ1) is 8.51. The summed E-state index contributed by atoms with van der Waals surface area (Å²) < 4.78 is 40.6. The topological polar surface area (TPSA) is 9.23 Å². The molecule has 0 aliphatic carbocycles. The summed E-state index contributed by atoms with van der Waals surface area (Å²) in [6.45, 7) is -0.374. The summed E-state index contributed by atoms with van der Waals surface area (Å²) >= 11 is 5.47. The number of halogens is 4. The minimum absolute atomic E-state index is 0.374. The highest BCUT2D eigenvalue weighted by molar-refractivity contribution is 6.18. The third-order valence-electron chi connectivity index (χ3n) is 1.96. The normalized spacial score (nSPS) is 10.7. The van der Waals surface area contributed by atoms with E-state index < -0.39 is 12.6 Å². The van der Waals surface area contributed by atoms with Crippen LogP contribution in [0.4, 0.5) is 13.2 Å². The van der Waals surface area contributed by atoms with Gasteiger partial charge >= 0.3 is 6.18 Å². The zero-order valence-electron chi connectivity index (χ0n) is 9.56. The minimum Gasteiger partial charge on any atom is -0.493 e. The van der Waals surface area contributed by atoms with E-state index in [1.54, 1.807) is 24.3 Å². The number of hydrogen-bond acceptors (Lipinski definition) is 1. The van der Waals surface area contributed by atoms with E-state index in [4.69, 9.17) is 16.3 Å². The number of ether oxygens (including phenoxy) is 1. The van der Waals surface area contributed by atoms with E-state index >= 15 is 0 Å². The molecule has 0 unspecified atom stereocenters. The van der Waals surface area contributed by atoms with E-state index in [1.165, 1.54) is 0 Å². The fourth-order valence-corrected chi connectivity index (χ4v) is 1.23. The Balaban J connectivity index is 2.44. The Bertz CT molecular complexity index is 415. The van der Waals surface area contributed by atoms with E-state index in [-0.39, 0.29) is 6.61 Å². The molecule has 1 nitrogen and oxygen atoms in total. The van der Waals surface area contributed by atoms with Gasteiger partial charge in [0.25, 0.3) is 0 Å². The van der Waals surface area contributed by atoms with E-state index in [0.717, 1.165) is 5.56 Å². The first-order valence-electron chi connectivity index (χ1n) is 5.36. The molecule has 0 spiro atoms. The van der Waals surface area contributed by atoms with Gasteiger partial charge in [-0.25, -0.2) is 0 Å². The third kappa shape index (κ3) is 6.41. The summed E-state index contributed by atoms with van der Waals surface area (Å²) in [7, 11) is 0. The molecule has 98 valence electrons. The first kappa shape index (κ1) is 14.7. The summed E-state index contributed by atoms with van der Waals surface area (Å²) in [5.74, 6) is 6.63. The van der Waals surface area contributed by atoms with Crippen LogP contribution in [0, 0.1) is 11.8 Å². The fraction of sp³-hybridized carbons (Fsp3) is 0.385. The molecular weight excluding hydrogens is 265 g/mol. The Hall–Kier alpha value is -1.34. The summed E-state index contributed by atoms with van der Waals surface area (Å²) in [6.07, 6.45) is -4.54. The molecule has 0 bridgehead atoms. The lowest BCUT2D eigenvalue weighted by atomic mass is 10.2. The van der Waals surface area contributed by atoms with Crippen LogP contribution in [0.1, 0.15) is 18.4 Å². The van der Waals surface area contributed by atoms with Crippen molar-refractivity contribution in [3.05, 3.63) is 29.8 Å². The predicted octanol–water partition coefficient (Wildman–Crippen LogP) is 4.00. The van der Waals surface area contributed by atoms with Gasteiger partial charge in [0.15, 0.2) is 0 Å². The summed E-state index contributed by atoms with van der Waals surface area (Å²) in [4.78, 5) is 0. The molecule has 0 radical (unpaired) electrons. The van der Waals surface area contributed by atoms with Crippen LogP contribution in [0.15, 0.2) is 24.3 Å². The van der Waals surface area contributed by atoms with Gasteiger partial charge < -0.3 is 4.74 Å². The van der Waals surface area contributed by atoms with E-state index in [1.807, 2.05) is 0 Å². The van der Waals surface area contributed by atoms with Crippen LogP contribution < -0.4 is 4.74 Å². The number of hydrogen-bond donors (Lipinski definition) is 0. The van der Waals surface area contributed by atoms with Gasteiger partial charge in [0.05, 0.1) is 13.0 Å². The highest BCUT2D eigenvalue weighted by atomic mass is 35.5. The molecule has 0 saturated heterocycles. The quantitative estimate of drug-likeness (QED) is 0.597. The summed E-state index contributed by atoms with van der Waals surface area (Å²) in [5, 5.41) is 0. The Morgan fingerprint density at radius 3 is 2.39 bits per heavy atom. The monoisotopic (exact) mass is 276 g/mol. The lowest BCUT2D eigenvalue weighted by Crippen LogP contribution is -2.12. The Labute approximate surface area is 109 Å². The maximum Gasteiger partial charge on any atom is 0.392 e. The van der Waals surface area contributed by atoms with Crippen molar-refractivity contribution in [2.45, 2.75) is 19.0 Å². The highest BCUT2D eigenvalue weighted by Gasteiger charge is 2.26. The molecule has 5 heteroatoms. The Morgan fingerprint density at radius 2 is 1.83 bits per heavy atom. The minimum atomic E-state index is -4.19. The maximum absolute atomic E-state index is 11.9. The molecule has 1 aromatic carbocycles. The van der Waals surface area contributed by atoms with Gasteiger partial charge in [-0.1, -0.05) is 11.8 Å². The average Bonchev–Trinajstić information content (AvgIpc) is 2.30. The van der Waals surface area contributed by atoms with Crippen molar-refractivity contribution in [3.63, 3.8) is 0 Å². The van der Waals surface area contributed by atoms with Crippen molar-refractivity contribution in [2.24, 2.45) is 0 Å². The van der Waals surface area contributed by atoms with Crippen molar-refractivity contribution in [2.75, 3.05) is 12.5 Å². The highest BCUT2D eigenvalue weighted by Crippen LogP contribution is 2.20. The van der Waals surface area contributed by atoms with Gasteiger partial charge in [-0.05, 0) is 24.3 Å². The van der Waals surface area contributed by atoms with Crippen molar-refractivity contribution < 1.29 is 17.9 Å². The van der Waals surface area contributed by atoms with Gasteiger partial charge in [-0.3, -0.25) is 0 Å². The van der Waals surface area contributed by atoms with E-state index in [9.17, 15) is 13.2 Å². The second kappa shape index (κ2) is 7.17. The molecule has 0 aliphatic heterocycles. The molecule has 0 heterocycles. The average molecular weight is 277 g/mol. The Morgan fingerprint density at radius 1 is 1.17 bits per heavy atom. The van der Waals surface area contributed by atoms with Crippen molar-refractivity contribution in [3.8, 4) is 17.6 Å². The second-order valence-corrected chi connectivity index (χ2v) is 3.86. The van der Waals surface area contributed by atoms with Crippen molar-refractivity contribution in [1.82, 2.24) is 0 Å². The smallest absolute Gasteiger partial charge is 0.392 e. The molecule has 0 amide bonds. The zero-order valence-corrected chi connectivity index (χ0v) is 10.3. The molecule has 0 N–H and O–H groups in total. The van der Waals surface area contributed by atoms with Crippen LogP contribution >= 0.6 is 11.6 Å². The number of alkyl halides is 4. The second-order valence-electron chi connectivity index (χ2n) is 3.48. The SMILES string of the molecule is FC(F)(F)CCOc1ccc(C#CCCCl)cc1. The van der Waals surface area contributed by atoms with Gasteiger partial charge in [0, 0.05) is 17.9 Å². The summed E-state index contributed by atoms with van der Waals surface area (Å²) in [6, 6.07) is 6.59. The largest absolute Gasteiger partial charge is 0.493 e. The standard InChI is InChI=1S/C13H12ClF3O/c14-9-2-1-3-11-4-6-12(7-5-11)18-10-8-13(15,16)17/h4-7H,2,8-10H2. The van der Waals surface area contributed by atoms with Crippen LogP contribution in [0.2, 0.25) is 0 Å². The maximum atomic E-state index is 11.9. The fourth-order valence-electron chi connectivity index (χ4n) is 1.13. The van der Waals surface area contributed by atoms with Gasteiger partial charge in [0.1, 0.15) is 5.75 Å². The van der Waals surface area contributed by atoms with Crippen LogP contribution in [-0.4, -0.2) is 18.7 Å². The lowest BCUT2D eigenvalue weighted by molar-refractivity contribution is -0.139. The molecule has 0 aromatic heterocycles. The van der Waals surface area contributed by atoms with Crippen molar-refractivity contribution >= 4 is 11.6 Å². The molecule has 1 aromatic rings. The first-order valence-corrected chi connectivity index (χ1v) is 5.89. The van der Waals surface area contributed by atoms with Gasteiger partial charge in [-0.15, -0.1) is 11.6 Å². The third-order valence-corrected chi connectivity index (χ3v) is 2.15. The molecule has 0 saturated carbocycles. The van der Waals surface area contributed by atoms with Crippen LogP contribution in [0.25, 0.3) is 0 Å². The van der Waals surface area contributed by atoms with Crippen LogP contribution in [0.5, 0.6) is 5.75 Å². The predicted molar refractivity (Wildman–Crippen MR) is 64.8 cm³/mol. The number of benzene rings is 1. The Kier molecular flexibility index (Phi) is 5.87. The molecule has 18 heavy (non-hydrogen) atoms. The molecule has 0 fully saturated rings. The van der Waals surface area contributed by atoms with Gasteiger partial charge in [-0.2, -0.15) is 13.2 Å².